The summed E-state index contributed by atoms with van der Waals surface area (Å²) in [4.78, 5) is 23.2. The van der Waals surface area contributed by atoms with Crippen molar-refractivity contribution in [2.45, 2.75) is 0 Å². The highest BCUT2D eigenvalue weighted by Gasteiger charge is 2.07. The molecule has 0 spiro atoms. The Balaban J connectivity index is 1.76. The van der Waals surface area contributed by atoms with E-state index in [-0.39, 0.29) is 17.1 Å². The average molecular weight is 344 g/mol. The minimum atomic E-state index is -1.12. The minimum absolute atomic E-state index is 0.0116. The van der Waals surface area contributed by atoms with Gasteiger partial charge in [-0.05, 0) is 35.4 Å². The molecule has 0 bridgehead atoms. The highest BCUT2D eigenvalue weighted by atomic mass is 16.4. The summed E-state index contributed by atoms with van der Waals surface area (Å²) in [6.07, 6.45) is 2.82. The lowest BCUT2D eigenvalue weighted by Gasteiger charge is -2.03. The maximum absolute atomic E-state index is 12.3. The van der Waals surface area contributed by atoms with Crippen LogP contribution in [-0.4, -0.2) is 22.0 Å². The van der Waals surface area contributed by atoms with E-state index in [1.807, 2.05) is 42.5 Å². The molecule has 0 aliphatic rings. The first kappa shape index (κ1) is 17.2. The van der Waals surface area contributed by atoms with Gasteiger partial charge in [-0.25, -0.2) is 4.79 Å². The number of phenols is 1. The Morgan fingerprint density at radius 1 is 0.769 bits per heavy atom. The van der Waals surface area contributed by atoms with Crippen LogP contribution in [0.25, 0.3) is 17.2 Å². The van der Waals surface area contributed by atoms with Crippen molar-refractivity contribution in [3.8, 4) is 16.9 Å². The molecule has 3 rings (SSSR count). The first-order valence-corrected chi connectivity index (χ1v) is 7.99. The van der Waals surface area contributed by atoms with E-state index in [4.69, 9.17) is 5.11 Å². The number of hydrogen-bond acceptors (Lipinski definition) is 3. The fraction of sp³-hybridized carbons (Fsp3) is 0. The number of carbonyl (C=O) groups excluding carboxylic acids is 1. The second-order valence-corrected chi connectivity index (χ2v) is 5.72. The van der Waals surface area contributed by atoms with Gasteiger partial charge >= 0.3 is 5.97 Å². The fourth-order valence-corrected chi connectivity index (χ4v) is 2.54. The van der Waals surface area contributed by atoms with Crippen LogP contribution in [0.15, 0.2) is 78.9 Å². The molecule has 0 aliphatic carbocycles. The molecule has 4 heteroatoms. The predicted molar refractivity (Wildman–Crippen MR) is 100 cm³/mol. The second kappa shape index (κ2) is 7.49. The molecule has 26 heavy (non-hydrogen) atoms. The van der Waals surface area contributed by atoms with Crippen LogP contribution in [0.2, 0.25) is 0 Å². The van der Waals surface area contributed by atoms with Gasteiger partial charge in [0.25, 0.3) is 0 Å². The number of rotatable bonds is 5. The van der Waals surface area contributed by atoms with E-state index < -0.39 is 5.97 Å². The van der Waals surface area contributed by atoms with Gasteiger partial charge in [0.15, 0.2) is 5.78 Å². The molecule has 4 nitrogen and oxygen atoms in total. The molecule has 2 N–H and O–H groups in total. The van der Waals surface area contributed by atoms with Crippen molar-refractivity contribution in [1.29, 1.82) is 0 Å². The molecule has 0 saturated heterocycles. The van der Waals surface area contributed by atoms with Crippen LogP contribution < -0.4 is 0 Å². The quantitative estimate of drug-likeness (QED) is 0.522. The summed E-state index contributed by atoms with van der Waals surface area (Å²) >= 11 is 0. The lowest BCUT2D eigenvalue weighted by atomic mass is 10.0. The molecule has 3 aromatic carbocycles. The zero-order valence-electron chi connectivity index (χ0n) is 13.8. The van der Waals surface area contributed by atoms with Gasteiger partial charge < -0.3 is 10.2 Å². The van der Waals surface area contributed by atoms with E-state index in [1.54, 1.807) is 12.1 Å². The average Bonchev–Trinajstić information content (AvgIpc) is 2.67. The molecule has 0 unspecified atom stereocenters. The number of carboxylic acids is 1. The van der Waals surface area contributed by atoms with Crippen molar-refractivity contribution in [2.75, 3.05) is 0 Å². The van der Waals surface area contributed by atoms with Crippen molar-refractivity contribution in [3.63, 3.8) is 0 Å². The smallest absolute Gasteiger partial charge is 0.335 e. The Kier molecular flexibility index (Phi) is 4.94. The highest BCUT2D eigenvalue weighted by Crippen LogP contribution is 2.22. The summed E-state index contributed by atoms with van der Waals surface area (Å²) in [5, 5.41) is 18.7. The maximum atomic E-state index is 12.3. The van der Waals surface area contributed by atoms with Crippen LogP contribution in [0.3, 0.4) is 0 Å². The van der Waals surface area contributed by atoms with Gasteiger partial charge in [-0.3, -0.25) is 4.79 Å². The molecule has 0 amide bonds. The fourth-order valence-electron chi connectivity index (χ4n) is 2.54. The monoisotopic (exact) mass is 344 g/mol. The minimum Gasteiger partial charge on any atom is -0.507 e. The molecule has 0 aliphatic heterocycles. The third kappa shape index (κ3) is 3.87. The third-order valence-corrected chi connectivity index (χ3v) is 3.97. The number of phenolic OH excluding ortho intramolecular Hbond substituents is 1. The third-order valence-electron chi connectivity index (χ3n) is 3.97. The lowest BCUT2D eigenvalue weighted by molar-refractivity contribution is 0.0696. The van der Waals surface area contributed by atoms with Crippen molar-refractivity contribution in [3.05, 3.63) is 95.6 Å². The van der Waals surface area contributed by atoms with E-state index in [2.05, 4.69) is 0 Å². The molecule has 0 atom stereocenters. The van der Waals surface area contributed by atoms with Gasteiger partial charge in [-0.1, -0.05) is 60.7 Å². The van der Waals surface area contributed by atoms with Gasteiger partial charge in [0.05, 0.1) is 5.56 Å². The van der Waals surface area contributed by atoms with E-state index in [9.17, 15) is 14.7 Å². The van der Waals surface area contributed by atoms with E-state index in [0.29, 0.717) is 11.1 Å². The van der Waals surface area contributed by atoms with Gasteiger partial charge in [-0.15, -0.1) is 0 Å². The Morgan fingerprint density at radius 3 is 2.00 bits per heavy atom. The van der Waals surface area contributed by atoms with Crippen LogP contribution in [-0.2, 0) is 0 Å². The normalized spacial score (nSPS) is 10.8. The number of allylic oxidation sites excluding steroid dienone is 1. The molecular formula is C22H16O4. The number of aromatic hydroxyl groups is 1. The summed E-state index contributed by atoms with van der Waals surface area (Å²) in [6, 6.07) is 21.1. The first-order valence-electron chi connectivity index (χ1n) is 7.99. The van der Waals surface area contributed by atoms with E-state index in [1.165, 1.54) is 24.3 Å². The molecular weight excluding hydrogens is 328 g/mol. The molecule has 0 saturated carbocycles. The zero-order chi connectivity index (χ0) is 18.5. The zero-order valence-corrected chi connectivity index (χ0v) is 13.8. The SMILES string of the molecule is O=C(O)c1ccc(/C=C/C(=O)c2ccc(-c3ccccc3)cc2)c(O)c1. The Bertz CT molecular complexity index is 971. The van der Waals surface area contributed by atoms with E-state index >= 15 is 0 Å². The van der Waals surface area contributed by atoms with Crippen LogP contribution in [0.5, 0.6) is 5.75 Å². The number of carboxylic acid groups (broad SMARTS) is 1. The Morgan fingerprint density at radius 2 is 1.38 bits per heavy atom. The number of hydrogen-bond donors (Lipinski definition) is 2. The first-order chi connectivity index (χ1) is 12.5. The highest BCUT2D eigenvalue weighted by molar-refractivity contribution is 6.07. The number of ketones is 1. The molecule has 128 valence electrons. The summed E-state index contributed by atoms with van der Waals surface area (Å²) in [5.74, 6) is -1.51. The molecule has 0 fully saturated rings. The summed E-state index contributed by atoms with van der Waals surface area (Å²) in [7, 11) is 0. The van der Waals surface area contributed by atoms with Gasteiger partial charge in [0.1, 0.15) is 5.75 Å². The Hall–Kier alpha value is -3.66. The van der Waals surface area contributed by atoms with Crippen molar-refractivity contribution in [2.24, 2.45) is 0 Å². The van der Waals surface area contributed by atoms with Crippen molar-refractivity contribution < 1.29 is 19.8 Å². The molecule has 0 radical (unpaired) electrons. The van der Waals surface area contributed by atoms with Crippen LogP contribution in [0, 0.1) is 0 Å². The van der Waals surface area contributed by atoms with Crippen molar-refractivity contribution in [1.82, 2.24) is 0 Å². The topological polar surface area (TPSA) is 74.6 Å². The lowest BCUT2D eigenvalue weighted by Crippen LogP contribution is -1.96. The summed E-state index contributed by atoms with van der Waals surface area (Å²) in [5.41, 5.74) is 2.99. The van der Waals surface area contributed by atoms with Crippen molar-refractivity contribution >= 4 is 17.8 Å². The second-order valence-electron chi connectivity index (χ2n) is 5.72. The standard InChI is InChI=1S/C22H16O4/c23-20(13-12-18-10-11-19(22(25)26)14-21(18)24)17-8-6-16(7-9-17)15-4-2-1-3-5-15/h1-14,24H,(H,25,26)/b13-12+. The summed E-state index contributed by atoms with van der Waals surface area (Å²) in [6.45, 7) is 0. The number of aromatic carboxylic acids is 1. The molecule has 3 aromatic rings. The van der Waals surface area contributed by atoms with Gasteiger partial charge in [0.2, 0.25) is 0 Å². The van der Waals surface area contributed by atoms with Gasteiger partial charge in [0, 0.05) is 11.1 Å². The Labute approximate surface area is 150 Å². The van der Waals surface area contributed by atoms with Crippen LogP contribution in [0.4, 0.5) is 0 Å². The summed E-state index contributed by atoms with van der Waals surface area (Å²) < 4.78 is 0. The van der Waals surface area contributed by atoms with Crippen LogP contribution in [0.1, 0.15) is 26.3 Å². The van der Waals surface area contributed by atoms with Gasteiger partial charge in [-0.2, -0.15) is 0 Å². The predicted octanol–water partition coefficient (Wildman–Crippen LogP) is 4.65. The number of carbonyl (C=O) groups is 2. The largest absolute Gasteiger partial charge is 0.507 e. The van der Waals surface area contributed by atoms with Crippen LogP contribution >= 0.6 is 0 Å². The molecule has 0 heterocycles. The molecule has 0 aromatic heterocycles. The van der Waals surface area contributed by atoms with E-state index in [0.717, 1.165) is 17.2 Å². The maximum Gasteiger partial charge on any atom is 0.335 e. The number of benzene rings is 3.